The Morgan fingerprint density at radius 1 is 1.25 bits per heavy atom. The minimum absolute atomic E-state index is 0.0259. The highest BCUT2D eigenvalue weighted by Crippen LogP contribution is 2.30. The molecule has 3 rings (SSSR count). The highest BCUT2D eigenvalue weighted by Gasteiger charge is 2.31. The van der Waals surface area contributed by atoms with Crippen molar-refractivity contribution in [2.75, 3.05) is 0 Å². The van der Waals surface area contributed by atoms with E-state index in [4.69, 9.17) is 4.74 Å². The summed E-state index contributed by atoms with van der Waals surface area (Å²) in [7, 11) is 0. The van der Waals surface area contributed by atoms with Gasteiger partial charge in [0.15, 0.2) is 5.78 Å². The van der Waals surface area contributed by atoms with Gasteiger partial charge in [-0.05, 0) is 50.5 Å². The maximum Gasteiger partial charge on any atom is 0.355 e. The maximum absolute atomic E-state index is 12.3. The Labute approximate surface area is 118 Å². The summed E-state index contributed by atoms with van der Waals surface area (Å²) < 4.78 is 5.62. The average Bonchev–Trinajstić information content (AvgIpc) is 2.95. The molecule has 0 aromatic carbocycles. The summed E-state index contributed by atoms with van der Waals surface area (Å²) in [5, 5.41) is 0. The lowest BCUT2D eigenvalue weighted by atomic mass is 9.94. The van der Waals surface area contributed by atoms with Crippen molar-refractivity contribution in [2.24, 2.45) is 5.92 Å². The molecular weight excluding hydrogens is 254 g/mol. The van der Waals surface area contributed by atoms with Gasteiger partial charge in [0, 0.05) is 17.7 Å². The summed E-state index contributed by atoms with van der Waals surface area (Å²) in [5.41, 5.74) is 2.87. The summed E-state index contributed by atoms with van der Waals surface area (Å²) in [5.74, 6) is 0.280. The molecule has 0 spiro atoms. The van der Waals surface area contributed by atoms with E-state index in [9.17, 15) is 9.59 Å². The fraction of sp³-hybridized carbons (Fsp3) is 0.625. The molecule has 1 fully saturated rings. The molecule has 0 saturated heterocycles. The third kappa shape index (κ3) is 2.17. The maximum atomic E-state index is 12.3. The fourth-order valence-electron chi connectivity index (χ4n) is 3.46. The Morgan fingerprint density at radius 3 is 2.70 bits per heavy atom. The second kappa shape index (κ2) is 5.08. The number of aromatic amines is 1. The van der Waals surface area contributed by atoms with Crippen LogP contribution < -0.4 is 0 Å². The van der Waals surface area contributed by atoms with E-state index in [0.717, 1.165) is 48.9 Å². The van der Waals surface area contributed by atoms with Crippen molar-refractivity contribution in [1.29, 1.82) is 0 Å². The van der Waals surface area contributed by atoms with E-state index in [1.807, 2.05) is 6.92 Å². The summed E-state index contributed by atoms with van der Waals surface area (Å²) in [6.45, 7) is 3.97. The number of ether oxygens (including phenoxy) is 1. The number of hydrogen-bond acceptors (Lipinski definition) is 3. The molecule has 2 aliphatic rings. The molecule has 1 aromatic rings. The number of rotatable bonds is 2. The molecule has 4 nitrogen and oxygen atoms in total. The van der Waals surface area contributed by atoms with E-state index in [1.165, 1.54) is 0 Å². The van der Waals surface area contributed by atoms with Crippen molar-refractivity contribution in [3.8, 4) is 0 Å². The Kier molecular flexibility index (Phi) is 3.40. The van der Waals surface area contributed by atoms with Crippen LogP contribution in [0.2, 0.25) is 0 Å². The number of carbonyl (C=O) groups excluding carboxylic acids is 2. The average molecular weight is 275 g/mol. The molecule has 0 amide bonds. The Morgan fingerprint density at radius 2 is 2.05 bits per heavy atom. The van der Waals surface area contributed by atoms with Gasteiger partial charge in [-0.1, -0.05) is 6.92 Å². The third-order valence-electron chi connectivity index (χ3n) is 4.68. The van der Waals surface area contributed by atoms with Gasteiger partial charge in [-0.25, -0.2) is 4.79 Å². The van der Waals surface area contributed by atoms with E-state index in [0.29, 0.717) is 18.0 Å². The molecule has 0 unspecified atom stereocenters. The first-order valence-corrected chi connectivity index (χ1v) is 7.53. The first kappa shape index (κ1) is 13.4. The van der Waals surface area contributed by atoms with E-state index in [1.54, 1.807) is 0 Å². The monoisotopic (exact) mass is 275 g/mol. The van der Waals surface area contributed by atoms with Crippen LogP contribution in [0, 0.1) is 12.8 Å². The van der Waals surface area contributed by atoms with Crippen LogP contribution in [0.25, 0.3) is 0 Å². The van der Waals surface area contributed by atoms with Crippen LogP contribution in [-0.2, 0) is 11.2 Å². The molecule has 0 bridgehead atoms. The van der Waals surface area contributed by atoms with Crippen molar-refractivity contribution >= 4 is 11.8 Å². The van der Waals surface area contributed by atoms with E-state index in [-0.39, 0.29) is 17.9 Å². The third-order valence-corrected chi connectivity index (χ3v) is 4.68. The molecule has 0 radical (unpaired) electrons. The highest BCUT2D eigenvalue weighted by molar-refractivity contribution is 6.03. The van der Waals surface area contributed by atoms with Gasteiger partial charge in [-0.3, -0.25) is 4.79 Å². The number of aryl methyl sites for hydroxylation is 1. The van der Waals surface area contributed by atoms with Gasteiger partial charge in [0.2, 0.25) is 0 Å². The normalized spacial score (nSPS) is 25.6. The predicted molar refractivity (Wildman–Crippen MR) is 75.0 cm³/mol. The van der Waals surface area contributed by atoms with E-state index < -0.39 is 0 Å². The number of aromatic nitrogens is 1. The van der Waals surface area contributed by atoms with Crippen molar-refractivity contribution < 1.29 is 14.3 Å². The standard InChI is InChI=1S/C16H21NO3/c1-9-5-3-8-13(9)20-16(19)15-10(2)14-11(17-15)6-4-7-12(14)18/h9,13,17H,3-8H2,1-2H3/t9-,13+/m1/s1. The Hall–Kier alpha value is -1.58. The zero-order chi connectivity index (χ0) is 14.3. The zero-order valence-corrected chi connectivity index (χ0v) is 12.1. The number of nitrogens with one attached hydrogen (secondary N) is 1. The molecule has 108 valence electrons. The predicted octanol–water partition coefficient (Wildman–Crippen LogP) is 3.19. The van der Waals surface area contributed by atoms with Gasteiger partial charge < -0.3 is 9.72 Å². The summed E-state index contributed by atoms with van der Waals surface area (Å²) in [6.07, 6.45) is 5.51. The second-order valence-electron chi connectivity index (χ2n) is 6.11. The first-order valence-electron chi connectivity index (χ1n) is 7.53. The van der Waals surface area contributed by atoms with E-state index >= 15 is 0 Å². The van der Waals surface area contributed by atoms with Crippen LogP contribution in [0.3, 0.4) is 0 Å². The summed E-state index contributed by atoms with van der Waals surface area (Å²) in [4.78, 5) is 27.4. The van der Waals surface area contributed by atoms with Crippen molar-refractivity contribution in [3.63, 3.8) is 0 Å². The van der Waals surface area contributed by atoms with Crippen molar-refractivity contribution in [3.05, 3.63) is 22.5 Å². The number of carbonyl (C=O) groups is 2. The molecule has 0 aliphatic heterocycles. The minimum atomic E-state index is -0.302. The van der Waals surface area contributed by atoms with Crippen molar-refractivity contribution in [1.82, 2.24) is 4.98 Å². The lowest BCUT2D eigenvalue weighted by Gasteiger charge is -2.16. The quantitative estimate of drug-likeness (QED) is 0.843. The molecule has 1 aromatic heterocycles. The summed E-state index contributed by atoms with van der Waals surface area (Å²) in [6, 6.07) is 0. The van der Waals surface area contributed by atoms with Crippen LogP contribution >= 0.6 is 0 Å². The fourth-order valence-corrected chi connectivity index (χ4v) is 3.46. The van der Waals surface area contributed by atoms with Crippen LogP contribution in [0.5, 0.6) is 0 Å². The van der Waals surface area contributed by atoms with Gasteiger partial charge in [-0.15, -0.1) is 0 Å². The van der Waals surface area contributed by atoms with Gasteiger partial charge >= 0.3 is 5.97 Å². The van der Waals surface area contributed by atoms with Crippen LogP contribution in [-0.4, -0.2) is 22.8 Å². The summed E-state index contributed by atoms with van der Waals surface area (Å²) >= 11 is 0. The first-order chi connectivity index (χ1) is 9.58. The lowest BCUT2D eigenvalue weighted by Crippen LogP contribution is -2.21. The highest BCUT2D eigenvalue weighted by atomic mass is 16.5. The van der Waals surface area contributed by atoms with Gasteiger partial charge in [0.1, 0.15) is 11.8 Å². The number of hydrogen-bond donors (Lipinski definition) is 1. The number of ketones is 1. The number of esters is 1. The minimum Gasteiger partial charge on any atom is -0.457 e. The molecule has 1 heterocycles. The van der Waals surface area contributed by atoms with Crippen LogP contribution in [0.1, 0.15) is 71.1 Å². The molecule has 2 aliphatic carbocycles. The molecule has 4 heteroatoms. The van der Waals surface area contributed by atoms with Gasteiger partial charge in [0.05, 0.1) is 0 Å². The molecule has 20 heavy (non-hydrogen) atoms. The molecule has 2 atom stereocenters. The zero-order valence-electron chi connectivity index (χ0n) is 12.1. The SMILES string of the molecule is Cc1c(C(=O)O[C@H]2CCC[C@H]2C)[nH]c2c1C(=O)CCC2. The largest absolute Gasteiger partial charge is 0.457 e. The topological polar surface area (TPSA) is 59.2 Å². The molecule has 1 N–H and O–H groups in total. The number of fused-ring (bicyclic) bond motifs is 1. The van der Waals surface area contributed by atoms with E-state index in [2.05, 4.69) is 11.9 Å². The molecular formula is C16H21NO3. The molecule has 1 saturated carbocycles. The number of H-pyrrole nitrogens is 1. The van der Waals surface area contributed by atoms with Crippen molar-refractivity contribution in [2.45, 2.75) is 58.5 Å². The number of Topliss-reactive ketones (excluding diaryl/α,β-unsaturated/α-hetero) is 1. The van der Waals surface area contributed by atoms with Crippen LogP contribution in [0.15, 0.2) is 0 Å². The lowest BCUT2D eigenvalue weighted by molar-refractivity contribution is 0.0219. The van der Waals surface area contributed by atoms with Gasteiger partial charge in [-0.2, -0.15) is 0 Å². The Bertz CT molecular complexity index is 558. The second-order valence-corrected chi connectivity index (χ2v) is 6.11. The Balaban J connectivity index is 1.83. The smallest absolute Gasteiger partial charge is 0.355 e. The van der Waals surface area contributed by atoms with Crippen LogP contribution in [0.4, 0.5) is 0 Å². The van der Waals surface area contributed by atoms with Gasteiger partial charge in [0.25, 0.3) is 0 Å².